The van der Waals surface area contributed by atoms with Crippen LogP contribution in [0.15, 0.2) is 41.1 Å². The Labute approximate surface area is 184 Å². The fourth-order valence-corrected chi connectivity index (χ4v) is 5.13. The molecule has 6 heteroatoms. The van der Waals surface area contributed by atoms with Gasteiger partial charge in [-0.3, -0.25) is 0 Å². The third-order valence-corrected chi connectivity index (χ3v) is 7.01. The summed E-state index contributed by atoms with van der Waals surface area (Å²) in [6.45, 7) is 6.77. The minimum Gasteiger partial charge on any atom is -0.452 e. The minimum absolute atomic E-state index is 0.133. The number of hydrogen-bond acceptors (Lipinski definition) is 6. The van der Waals surface area contributed by atoms with E-state index in [1.807, 2.05) is 12.1 Å². The average Bonchev–Trinajstić information content (AvgIpc) is 2.90. The van der Waals surface area contributed by atoms with Crippen LogP contribution in [0.3, 0.4) is 0 Å². The maximum absolute atomic E-state index is 6.50. The van der Waals surface area contributed by atoms with Crippen LogP contribution in [0.4, 0.5) is 5.69 Å². The molecule has 0 amide bonds. The second-order valence-corrected chi connectivity index (χ2v) is 9.58. The van der Waals surface area contributed by atoms with Gasteiger partial charge in [0.15, 0.2) is 11.9 Å². The standard InChI is InChI=1S/C24H32N4OS/c1-4-5-6-9-14-30-24-26-23-21(27-28-24)19-10-7-8-11-20(19)25-22(29-23)18-13-12-16(2)15-17(18)3/h7-8,10-12,17-18,22,25H,4-6,9,13-15H2,1-3H3/t17-,18-,22+/m0/s1. The first-order valence-electron chi connectivity index (χ1n) is 11.2. The molecule has 1 N–H and O–H groups in total. The smallest absolute Gasteiger partial charge is 0.247 e. The van der Waals surface area contributed by atoms with Gasteiger partial charge in [-0.25, -0.2) is 0 Å². The van der Waals surface area contributed by atoms with Crippen LogP contribution in [0, 0.1) is 11.8 Å². The van der Waals surface area contributed by atoms with Gasteiger partial charge in [0, 0.05) is 22.9 Å². The minimum atomic E-state index is -0.133. The summed E-state index contributed by atoms with van der Waals surface area (Å²) in [5.41, 5.74) is 4.24. The molecule has 5 nitrogen and oxygen atoms in total. The summed E-state index contributed by atoms with van der Waals surface area (Å²) < 4.78 is 6.50. The summed E-state index contributed by atoms with van der Waals surface area (Å²) in [6.07, 6.45) is 9.31. The first kappa shape index (κ1) is 21.2. The molecule has 160 valence electrons. The summed E-state index contributed by atoms with van der Waals surface area (Å²) >= 11 is 1.67. The second kappa shape index (κ2) is 9.82. The van der Waals surface area contributed by atoms with E-state index in [9.17, 15) is 0 Å². The van der Waals surface area contributed by atoms with E-state index < -0.39 is 0 Å². The number of nitrogens with one attached hydrogen (secondary N) is 1. The van der Waals surface area contributed by atoms with Crippen molar-refractivity contribution >= 4 is 17.4 Å². The van der Waals surface area contributed by atoms with Crippen LogP contribution in [-0.2, 0) is 0 Å². The number of anilines is 1. The monoisotopic (exact) mass is 424 g/mol. The summed E-state index contributed by atoms with van der Waals surface area (Å²) in [5.74, 6) is 2.54. The fourth-order valence-electron chi connectivity index (χ4n) is 4.35. The molecule has 1 aromatic carbocycles. The lowest BCUT2D eigenvalue weighted by atomic mass is 9.80. The van der Waals surface area contributed by atoms with Crippen LogP contribution in [0.25, 0.3) is 11.3 Å². The van der Waals surface area contributed by atoms with Crippen molar-refractivity contribution in [1.29, 1.82) is 0 Å². The van der Waals surface area contributed by atoms with Crippen molar-refractivity contribution in [3.8, 4) is 17.1 Å². The van der Waals surface area contributed by atoms with E-state index in [1.54, 1.807) is 11.8 Å². The molecule has 2 aliphatic rings. The van der Waals surface area contributed by atoms with E-state index in [2.05, 4.69) is 54.5 Å². The maximum atomic E-state index is 6.50. The molecule has 0 fully saturated rings. The topological polar surface area (TPSA) is 59.9 Å². The third kappa shape index (κ3) is 4.80. The van der Waals surface area contributed by atoms with Crippen molar-refractivity contribution in [3.05, 3.63) is 35.9 Å². The summed E-state index contributed by atoms with van der Waals surface area (Å²) in [7, 11) is 0. The first-order chi connectivity index (χ1) is 14.7. The Hall–Kier alpha value is -2.08. The van der Waals surface area contributed by atoms with E-state index in [0.717, 1.165) is 35.5 Å². The highest BCUT2D eigenvalue weighted by atomic mass is 32.2. The molecule has 0 unspecified atom stereocenters. The molecular weight excluding hydrogens is 392 g/mol. The quantitative estimate of drug-likeness (QED) is 0.318. The van der Waals surface area contributed by atoms with E-state index in [-0.39, 0.29) is 6.23 Å². The zero-order valence-electron chi connectivity index (χ0n) is 18.2. The number of thioether (sulfide) groups is 1. The highest BCUT2D eigenvalue weighted by molar-refractivity contribution is 7.99. The first-order valence-corrected chi connectivity index (χ1v) is 12.2. The number of allylic oxidation sites excluding steroid dienone is 2. The Kier molecular flexibility index (Phi) is 6.93. The number of aromatic nitrogens is 3. The van der Waals surface area contributed by atoms with Gasteiger partial charge >= 0.3 is 0 Å². The highest BCUT2D eigenvalue weighted by Crippen LogP contribution is 2.40. The number of benzene rings is 1. The Bertz CT molecular complexity index is 901. The molecule has 2 heterocycles. The SMILES string of the molecule is CCCCCCSc1nnc2c(n1)O[C@H]([C@H]1CC=C(C)C[C@@H]1C)Nc1ccccc1-2. The van der Waals surface area contributed by atoms with E-state index in [4.69, 9.17) is 9.72 Å². The van der Waals surface area contributed by atoms with Crippen LogP contribution < -0.4 is 10.1 Å². The van der Waals surface area contributed by atoms with E-state index in [0.29, 0.717) is 22.9 Å². The number of para-hydroxylation sites is 1. The molecule has 2 aromatic rings. The molecular formula is C24H32N4OS. The maximum Gasteiger partial charge on any atom is 0.247 e. The largest absolute Gasteiger partial charge is 0.452 e. The van der Waals surface area contributed by atoms with Crippen LogP contribution in [-0.4, -0.2) is 27.2 Å². The zero-order valence-corrected chi connectivity index (χ0v) is 19.0. The molecule has 0 radical (unpaired) electrons. The molecule has 0 bridgehead atoms. The predicted molar refractivity (Wildman–Crippen MR) is 124 cm³/mol. The average molecular weight is 425 g/mol. The van der Waals surface area contributed by atoms with Gasteiger partial charge in [-0.1, -0.05) is 74.7 Å². The molecule has 30 heavy (non-hydrogen) atoms. The lowest BCUT2D eigenvalue weighted by molar-refractivity contribution is 0.114. The number of fused-ring (bicyclic) bond motifs is 3. The van der Waals surface area contributed by atoms with Crippen molar-refractivity contribution in [1.82, 2.24) is 15.2 Å². The fraction of sp³-hybridized carbons (Fsp3) is 0.542. The lowest BCUT2D eigenvalue weighted by Gasteiger charge is -2.34. The van der Waals surface area contributed by atoms with Gasteiger partial charge in [-0.15, -0.1) is 10.2 Å². The van der Waals surface area contributed by atoms with Gasteiger partial charge in [-0.05, 0) is 38.2 Å². The Morgan fingerprint density at radius 2 is 2.03 bits per heavy atom. The van der Waals surface area contributed by atoms with Crippen LogP contribution in [0.1, 0.15) is 59.3 Å². The van der Waals surface area contributed by atoms with Crippen LogP contribution in [0.5, 0.6) is 5.88 Å². The molecule has 4 rings (SSSR count). The Balaban J connectivity index is 1.59. The second-order valence-electron chi connectivity index (χ2n) is 8.52. The third-order valence-electron chi connectivity index (χ3n) is 6.09. The van der Waals surface area contributed by atoms with Crippen molar-refractivity contribution in [2.24, 2.45) is 11.8 Å². The van der Waals surface area contributed by atoms with Crippen molar-refractivity contribution in [2.75, 3.05) is 11.1 Å². The lowest BCUT2D eigenvalue weighted by Crippen LogP contribution is -2.39. The van der Waals surface area contributed by atoms with E-state index >= 15 is 0 Å². The number of ether oxygens (including phenoxy) is 1. The van der Waals surface area contributed by atoms with Gasteiger partial charge in [0.05, 0.1) is 0 Å². The van der Waals surface area contributed by atoms with Gasteiger partial charge in [0.25, 0.3) is 0 Å². The van der Waals surface area contributed by atoms with Gasteiger partial charge in [0.2, 0.25) is 11.0 Å². The predicted octanol–water partition coefficient (Wildman–Crippen LogP) is 6.33. The zero-order chi connectivity index (χ0) is 20.9. The molecule has 3 atom stereocenters. The van der Waals surface area contributed by atoms with Crippen LogP contribution >= 0.6 is 11.8 Å². The molecule has 1 aliphatic carbocycles. The summed E-state index contributed by atoms with van der Waals surface area (Å²) in [4.78, 5) is 4.79. The van der Waals surface area contributed by atoms with Gasteiger partial charge in [-0.2, -0.15) is 4.98 Å². The van der Waals surface area contributed by atoms with Crippen molar-refractivity contribution < 1.29 is 4.74 Å². The molecule has 1 aliphatic heterocycles. The highest BCUT2D eigenvalue weighted by Gasteiger charge is 2.34. The van der Waals surface area contributed by atoms with Crippen molar-refractivity contribution in [2.45, 2.75) is 70.7 Å². The molecule has 1 aromatic heterocycles. The number of nitrogens with zero attached hydrogens (tertiary/aromatic N) is 3. The number of unbranched alkanes of at least 4 members (excludes halogenated alkanes) is 3. The summed E-state index contributed by atoms with van der Waals surface area (Å²) in [5, 5.41) is 13.3. The van der Waals surface area contributed by atoms with Crippen LogP contribution in [0.2, 0.25) is 0 Å². The van der Waals surface area contributed by atoms with Gasteiger partial charge in [0.1, 0.15) is 0 Å². The molecule has 0 spiro atoms. The molecule has 0 saturated carbocycles. The Morgan fingerprint density at radius 3 is 2.87 bits per heavy atom. The van der Waals surface area contributed by atoms with Crippen molar-refractivity contribution in [3.63, 3.8) is 0 Å². The van der Waals surface area contributed by atoms with Gasteiger partial charge < -0.3 is 10.1 Å². The number of rotatable bonds is 7. The van der Waals surface area contributed by atoms with E-state index in [1.165, 1.54) is 31.3 Å². The summed E-state index contributed by atoms with van der Waals surface area (Å²) in [6, 6.07) is 8.23. The number of hydrogen-bond donors (Lipinski definition) is 1. The normalized spacial score (nSPS) is 22.8. The molecule has 0 saturated heterocycles. The Morgan fingerprint density at radius 1 is 1.17 bits per heavy atom.